The highest BCUT2D eigenvalue weighted by Crippen LogP contribution is 2.29. The molecule has 2 N–H and O–H groups in total. The molecule has 1 aromatic carbocycles. The van der Waals surface area contributed by atoms with Gasteiger partial charge in [-0.25, -0.2) is 8.42 Å². The molecule has 0 unspecified atom stereocenters. The van der Waals surface area contributed by atoms with Gasteiger partial charge >= 0.3 is 0 Å². The molecule has 21 heavy (non-hydrogen) atoms. The molecule has 0 aliphatic rings. The van der Waals surface area contributed by atoms with Gasteiger partial charge in [0.25, 0.3) is 10.0 Å². The molecule has 0 spiro atoms. The molecular formula is C13H15NO5S2. The van der Waals surface area contributed by atoms with Gasteiger partial charge in [0.2, 0.25) is 0 Å². The fourth-order valence-corrected chi connectivity index (χ4v) is 3.92. The Balaban J connectivity index is 2.31. The maximum atomic E-state index is 12.3. The molecule has 2 aromatic rings. The van der Waals surface area contributed by atoms with Gasteiger partial charge in [-0.3, -0.25) is 4.72 Å². The van der Waals surface area contributed by atoms with E-state index in [0.717, 1.165) is 11.3 Å². The molecule has 1 aromatic heterocycles. The Morgan fingerprint density at radius 1 is 1.14 bits per heavy atom. The van der Waals surface area contributed by atoms with E-state index in [1.54, 1.807) is 24.3 Å². The standard InChI is InChI=1S/C13H15NO5S2/c1-18-10-5-9(6-11(7-10)19-2)14-21(16,17)13-4-3-12(8-15)20-13/h3-7,14-15H,8H2,1-2H3. The summed E-state index contributed by atoms with van der Waals surface area (Å²) in [6, 6.07) is 7.79. The summed E-state index contributed by atoms with van der Waals surface area (Å²) in [4.78, 5) is 0.582. The Kier molecular flexibility index (Phi) is 4.71. The van der Waals surface area contributed by atoms with Crippen LogP contribution in [0.1, 0.15) is 4.88 Å². The smallest absolute Gasteiger partial charge is 0.271 e. The molecule has 0 fully saturated rings. The normalized spacial score (nSPS) is 11.2. The monoisotopic (exact) mass is 329 g/mol. The third-order valence-electron chi connectivity index (χ3n) is 2.66. The fourth-order valence-electron chi connectivity index (χ4n) is 1.66. The lowest BCUT2D eigenvalue weighted by Gasteiger charge is -2.10. The average molecular weight is 329 g/mol. The van der Waals surface area contributed by atoms with Gasteiger partial charge in [-0.1, -0.05) is 0 Å². The summed E-state index contributed by atoms with van der Waals surface area (Å²) in [5.74, 6) is 0.962. The second-order valence-corrected chi connectivity index (χ2v) is 7.16. The number of hydrogen-bond donors (Lipinski definition) is 2. The number of thiophene rings is 1. The molecule has 0 saturated carbocycles. The van der Waals surface area contributed by atoms with E-state index in [2.05, 4.69) is 4.72 Å². The van der Waals surface area contributed by atoms with E-state index in [0.29, 0.717) is 22.1 Å². The van der Waals surface area contributed by atoms with Crippen molar-refractivity contribution in [3.63, 3.8) is 0 Å². The van der Waals surface area contributed by atoms with Crippen LogP contribution < -0.4 is 14.2 Å². The van der Waals surface area contributed by atoms with E-state index in [-0.39, 0.29) is 10.8 Å². The Bertz CT molecular complexity index is 702. The number of aliphatic hydroxyl groups excluding tert-OH is 1. The Morgan fingerprint density at radius 3 is 2.24 bits per heavy atom. The number of methoxy groups -OCH3 is 2. The molecule has 0 aliphatic heterocycles. The van der Waals surface area contributed by atoms with Crippen LogP contribution in [-0.2, 0) is 16.6 Å². The maximum Gasteiger partial charge on any atom is 0.271 e. The van der Waals surface area contributed by atoms with E-state index in [1.807, 2.05) is 0 Å². The lowest BCUT2D eigenvalue weighted by molar-refractivity contribution is 0.285. The summed E-state index contributed by atoms with van der Waals surface area (Å²) in [6.07, 6.45) is 0. The molecule has 0 radical (unpaired) electrons. The number of benzene rings is 1. The second-order valence-electron chi connectivity index (χ2n) is 4.09. The van der Waals surface area contributed by atoms with Crippen LogP contribution in [0.25, 0.3) is 0 Å². The first kappa shape index (κ1) is 15.6. The number of rotatable bonds is 6. The van der Waals surface area contributed by atoms with Crippen LogP contribution in [-0.4, -0.2) is 27.7 Å². The molecule has 2 rings (SSSR count). The van der Waals surface area contributed by atoms with Gasteiger partial charge in [-0.05, 0) is 12.1 Å². The van der Waals surface area contributed by atoms with Crippen molar-refractivity contribution in [2.45, 2.75) is 10.8 Å². The van der Waals surface area contributed by atoms with Crippen molar-refractivity contribution >= 4 is 27.0 Å². The summed E-state index contributed by atoms with van der Waals surface area (Å²) in [7, 11) is -0.734. The van der Waals surface area contributed by atoms with Crippen molar-refractivity contribution in [1.82, 2.24) is 0 Å². The van der Waals surface area contributed by atoms with E-state index >= 15 is 0 Å². The van der Waals surface area contributed by atoms with Gasteiger partial charge in [0.1, 0.15) is 15.7 Å². The van der Waals surface area contributed by atoms with E-state index in [4.69, 9.17) is 14.6 Å². The minimum Gasteiger partial charge on any atom is -0.497 e. The van der Waals surface area contributed by atoms with Crippen LogP contribution >= 0.6 is 11.3 Å². The summed E-state index contributed by atoms with van der Waals surface area (Å²) in [6.45, 7) is -0.187. The zero-order chi connectivity index (χ0) is 15.5. The SMILES string of the molecule is COc1cc(NS(=O)(=O)c2ccc(CO)s2)cc(OC)c1. The van der Waals surface area contributed by atoms with Crippen LogP contribution in [0, 0.1) is 0 Å². The molecule has 1 heterocycles. The van der Waals surface area contributed by atoms with Crippen molar-refractivity contribution in [2.24, 2.45) is 0 Å². The highest BCUT2D eigenvalue weighted by Gasteiger charge is 2.17. The van der Waals surface area contributed by atoms with Crippen molar-refractivity contribution in [3.05, 3.63) is 35.2 Å². The predicted molar refractivity (Wildman–Crippen MR) is 80.6 cm³/mol. The van der Waals surface area contributed by atoms with Gasteiger partial charge in [0.05, 0.1) is 26.5 Å². The molecule has 0 aliphatic carbocycles. The third-order valence-corrected chi connectivity index (χ3v) is 5.60. The third kappa shape index (κ3) is 3.66. The first-order valence-electron chi connectivity index (χ1n) is 5.94. The van der Waals surface area contributed by atoms with Gasteiger partial charge in [0.15, 0.2) is 0 Å². The molecule has 0 saturated heterocycles. The van der Waals surface area contributed by atoms with E-state index < -0.39 is 10.0 Å². The molecule has 114 valence electrons. The highest BCUT2D eigenvalue weighted by atomic mass is 32.2. The van der Waals surface area contributed by atoms with Gasteiger partial charge < -0.3 is 14.6 Å². The van der Waals surface area contributed by atoms with Gasteiger partial charge in [0, 0.05) is 23.1 Å². The van der Waals surface area contributed by atoms with Crippen LogP contribution in [0.4, 0.5) is 5.69 Å². The molecule has 6 nitrogen and oxygen atoms in total. The van der Waals surface area contributed by atoms with Crippen LogP contribution in [0.2, 0.25) is 0 Å². The van der Waals surface area contributed by atoms with Crippen molar-refractivity contribution < 1.29 is 23.0 Å². The number of ether oxygens (including phenoxy) is 2. The summed E-state index contributed by atoms with van der Waals surface area (Å²) >= 11 is 1.02. The molecular weight excluding hydrogens is 314 g/mol. The average Bonchev–Trinajstić information content (AvgIpc) is 2.96. The summed E-state index contributed by atoms with van der Waals surface area (Å²) < 4.78 is 37.3. The number of aliphatic hydroxyl groups is 1. The second kappa shape index (κ2) is 6.33. The molecule has 8 heteroatoms. The minimum absolute atomic E-state index is 0.133. The lowest BCUT2D eigenvalue weighted by Crippen LogP contribution is -2.11. The highest BCUT2D eigenvalue weighted by molar-refractivity contribution is 7.94. The topological polar surface area (TPSA) is 84.9 Å². The largest absolute Gasteiger partial charge is 0.497 e. The quantitative estimate of drug-likeness (QED) is 0.847. The first-order valence-corrected chi connectivity index (χ1v) is 8.24. The van der Waals surface area contributed by atoms with Crippen molar-refractivity contribution in [1.29, 1.82) is 0 Å². The Morgan fingerprint density at radius 2 is 1.76 bits per heavy atom. The fraction of sp³-hybridized carbons (Fsp3) is 0.231. The zero-order valence-corrected chi connectivity index (χ0v) is 13.1. The van der Waals surface area contributed by atoms with Crippen LogP contribution in [0.5, 0.6) is 11.5 Å². The number of nitrogens with one attached hydrogen (secondary N) is 1. The van der Waals surface area contributed by atoms with E-state index in [9.17, 15) is 8.42 Å². The van der Waals surface area contributed by atoms with Crippen molar-refractivity contribution in [3.8, 4) is 11.5 Å². The van der Waals surface area contributed by atoms with Gasteiger partial charge in [-0.2, -0.15) is 0 Å². The summed E-state index contributed by atoms with van der Waals surface area (Å²) in [5, 5.41) is 9.01. The first-order chi connectivity index (χ1) is 9.98. The molecule has 0 bridgehead atoms. The number of hydrogen-bond acceptors (Lipinski definition) is 6. The van der Waals surface area contributed by atoms with Crippen LogP contribution in [0.15, 0.2) is 34.5 Å². The van der Waals surface area contributed by atoms with Crippen molar-refractivity contribution in [2.75, 3.05) is 18.9 Å². The zero-order valence-electron chi connectivity index (χ0n) is 11.5. The lowest BCUT2D eigenvalue weighted by atomic mass is 10.3. The van der Waals surface area contributed by atoms with Gasteiger partial charge in [-0.15, -0.1) is 11.3 Å². The molecule has 0 atom stereocenters. The maximum absolute atomic E-state index is 12.3. The Hall–Kier alpha value is -1.77. The minimum atomic E-state index is -3.71. The van der Waals surface area contributed by atoms with Crippen LogP contribution in [0.3, 0.4) is 0 Å². The number of anilines is 1. The Labute approximate surface area is 127 Å². The predicted octanol–water partition coefficient (Wildman–Crippen LogP) is 2.06. The van der Waals surface area contributed by atoms with E-state index in [1.165, 1.54) is 20.3 Å². The number of sulfonamides is 1. The summed E-state index contributed by atoms with van der Waals surface area (Å²) in [5.41, 5.74) is 0.338. The molecule has 0 amide bonds.